The second kappa shape index (κ2) is 6.11. The summed E-state index contributed by atoms with van der Waals surface area (Å²) in [6.45, 7) is 4.02. The minimum atomic E-state index is 0.598. The van der Waals surface area contributed by atoms with E-state index >= 15 is 0 Å². The van der Waals surface area contributed by atoms with Crippen LogP contribution in [0.5, 0.6) is 5.75 Å². The van der Waals surface area contributed by atoms with Crippen LogP contribution in [-0.4, -0.2) is 39.8 Å². The van der Waals surface area contributed by atoms with Gasteiger partial charge in [0.25, 0.3) is 5.78 Å². The van der Waals surface area contributed by atoms with E-state index in [4.69, 9.17) is 4.74 Å². The van der Waals surface area contributed by atoms with Crippen molar-refractivity contribution >= 4 is 11.6 Å². The topological polar surface area (TPSA) is 55.5 Å². The molecule has 1 aromatic carbocycles. The number of aryl methyl sites for hydroxylation is 1. The van der Waals surface area contributed by atoms with Crippen LogP contribution in [-0.2, 0) is 0 Å². The van der Waals surface area contributed by atoms with Crippen LogP contribution in [0.1, 0.15) is 30.0 Å². The lowest BCUT2D eigenvalue weighted by atomic mass is 9.89. The van der Waals surface area contributed by atoms with Gasteiger partial charge in [-0.2, -0.15) is 14.6 Å². The minimum Gasteiger partial charge on any atom is -0.497 e. The van der Waals surface area contributed by atoms with Gasteiger partial charge >= 0.3 is 0 Å². The molecule has 0 atom stereocenters. The Bertz CT molecular complexity index is 834. The van der Waals surface area contributed by atoms with Crippen molar-refractivity contribution in [1.29, 1.82) is 0 Å². The summed E-state index contributed by atoms with van der Waals surface area (Å²) in [6, 6.07) is 10.6. The van der Waals surface area contributed by atoms with E-state index in [9.17, 15) is 0 Å². The number of benzene rings is 1. The van der Waals surface area contributed by atoms with E-state index < -0.39 is 0 Å². The maximum atomic E-state index is 5.25. The van der Waals surface area contributed by atoms with E-state index in [2.05, 4.69) is 38.2 Å². The first-order valence-corrected chi connectivity index (χ1v) is 8.31. The number of piperidine rings is 1. The standard InChI is InChI=1S/C18H21N5O/c1-13-11-17(23-18(21-13)19-12-20-23)22-9-7-15(8-10-22)14-3-5-16(24-2)6-4-14/h3-6,11-12,15H,7-10H2,1-2H3. The number of methoxy groups -OCH3 is 1. The fourth-order valence-corrected chi connectivity index (χ4v) is 3.45. The predicted molar refractivity (Wildman–Crippen MR) is 92.7 cm³/mol. The number of ether oxygens (including phenoxy) is 1. The fourth-order valence-electron chi connectivity index (χ4n) is 3.45. The summed E-state index contributed by atoms with van der Waals surface area (Å²) < 4.78 is 7.08. The minimum absolute atomic E-state index is 0.598. The second-order valence-corrected chi connectivity index (χ2v) is 6.26. The van der Waals surface area contributed by atoms with Crippen molar-refractivity contribution in [3.63, 3.8) is 0 Å². The van der Waals surface area contributed by atoms with Crippen molar-refractivity contribution in [3.05, 3.63) is 47.9 Å². The number of hydrogen-bond donors (Lipinski definition) is 0. The van der Waals surface area contributed by atoms with Crippen molar-refractivity contribution < 1.29 is 4.74 Å². The molecule has 0 spiro atoms. The molecule has 0 saturated carbocycles. The molecule has 124 valence electrons. The zero-order chi connectivity index (χ0) is 16.5. The molecule has 2 aromatic heterocycles. The third-order valence-electron chi connectivity index (χ3n) is 4.77. The number of fused-ring (bicyclic) bond motifs is 1. The van der Waals surface area contributed by atoms with Gasteiger partial charge in [0, 0.05) is 24.8 Å². The van der Waals surface area contributed by atoms with Crippen LogP contribution in [0.2, 0.25) is 0 Å². The average Bonchev–Trinajstić information content (AvgIpc) is 3.09. The largest absolute Gasteiger partial charge is 0.497 e. The third kappa shape index (κ3) is 2.68. The summed E-state index contributed by atoms with van der Waals surface area (Å²) in [6.07, 6.45) is 3.82. The molecule has 1 aliphatic heterocycles. The molecule has 0 aliphatic carbocycles. The molecule has 0 N–H and O–H groups in total. The van der Waals surface area contributed by atoms with Crippen LogP contribution in [0, 0.1) is 6.92 Å². The smallest absolute Gasteiger partial charge is 0.254 e. The van der Waals surface area contributed by atoms with Gasteiger partial charge in [0.1, 0.15) is 17.9 Å². The SMILES string of the molecule is COc1ccc(C2CCN(c3cc(C)nc4ncnn34)CC2)cc1. The quantitative estimate of drug-likeness (QED) is 0.742. The first-order chi connectivity index (χ1) is 11.7. The summed E-state index contributed by atoms with van der Waals surface area (Å²) in [4.78, 5) is 11.0. The number of rotatable bonds is 3. The summed E-state index contributed by atoms with van der Waals surface area (Å²) in [5.74, 6) is 3.27. The van der Waals surface area contributed by atoms with Crippen molar-refractivity contribution in [1.82, 2.24) is 19.6 Å². The number of anilines is 1. The molecule has 3 heterocycles. The highest BCUT2D eigenvalue weighted by atomic mass is 16.5. The van der Waals surface area contributed by atoms with Crippen molar-refractivity contribution in [3.8, 4) is 5.75 Å². The lowest BCUT2D eigenvalue weighted by Crippen LogP contribution is -2.34. The maximum absolute atomic E-state index is 5.25. The molecule has 1 fully saturated rings. The van der Waals surface area contributed by atoms with E-state index in [0.29, 0.717) is 11.7 Å². The molecule has 4 rings (SSSR count). The number of nitrogens with zero attached hydrogens (tertiary/aromatic N) is 5. The van der Waals surface area contributed by atoms with Crippen LogP contribution in [0.4, 0.5) is 5.82 Å². The predicted octanol–water partition coefficient (Wildman–Crippen LogP) is 2.83. The van der Waals surface area contributed by atoms with Gasteiger partial charge in [0.05, 0.1) is 7.11 Å². The highest BCUT2D eigenvalue weighted by Gasteiger charge is 2.23. The van der Waals surface area contributed by atoms with Gasteiger partial charge in [-0.15, -0.1) is 0 Å². The van der Waals surface area contributed by atoms with Crippen LogP contribution in [0.25, 0.3) is 5.78 Å². The Morgan fingerprint density at radius 1 is 1.12 bits per heavy atom. The molecule has 0 bridgehead atoms. The molecular weight excluding hydrogens is 302 g/mol. The maximum Gasteiger partial charge on any atom is 0.254 e. The summed E-state index contributed by atoms with van der Waals surface area (Å²) in [5, 5.41) is 4.32. The summed E-state index contributed by atoms with van der Waals surface area (Å²) >= 11 is 0. The van der Waals surface area contributed by atoms with E-state index in [1.807, 2.05) is 23.6 Å². The lowest BCUT2D eigenvalue weighted by molar-refractivity contribution is 0.414. The van der Waals surface area contributed by atoms with Gasteiger partial charge in [-0.1, -0.05) is 12.1 Å². The van der Waals surface area contributed by atoms with E-state index in [1.54, 1.807) is 13.4 Å². The molecule has 0 radical (unpaired) electrons. The van der Waals surface area contributed by atoms with Gasteiger partial charge in [-0.25, -0.2) is 4.98 Å². The molecule has 3 aromatic rings. The highest BCUT2D eigenvalue weighted by Crippen LogP contribution is 2.31. The summed E-state index contributed by atoms with van der Waals surface area (Å²) in [5.41, 5.74) is 2.37. The molecule has 6 nitrogen and oxygen atoms in total. The van der Waals surface area contributed by atoms with E-state index in [1.165, 1.54) is 5.56 Å². The van der Waals surface area contributed by atoms with E-state index in [-0.39, 0.29) is 0 Å². The number of aromatic nitrogens is 4. The molecule has 24 heavy (non-hydrogen) atoms. The van der Waals surface area contributed by atoms with Gasteiger partial charge in [0.15, 0.2) is 0 Å². The van der Waals surface area contributed by atoms with E-state index in [0.717, 1.165) is 43.2 Å². The Hall–Kier alpha value is -2.63. The zero-order valence-corrected chi connectivity index (χ0v) is 14.0. The Labute approximate surface area is 141 Å². The lowest BCUT2D eigenvalue weighted by Gasteiger charge is -2.33. The fraction of sp³-hybridized carbons (Fsp3) is 0.389. The van der Waals surface area contributed by atoms with Crippen molar-refractivity contribution in [2.45, 2.75) is 25.7 Å². The normalized spacial score (nSPS) is 15.8. The molecule has 0 unspecified atom stereocenters. The molecule has 1 saturated heterocycles. The second-order valence-electron chi connectivity index (χ2n) is 6.26. The van der Waals surface area contributed by atoms with Crippen LogP contribution in [0.15, 0.2) is 36.7 Å². The Morgan fingerprint density at radius 2 is 1.88 bits per heavy atom. The average molecular weight is 323 g/mol. The van der Waals surface area contributed by atoms with Gasteiger partial charge < -0.3 is 9.64 Å². The molecule has 0 amide bonds. The Morgan fingerprint density at radius 3 is 2.58 bits per heavy atom. The first-order valence-electron chi connectivity index (χ1n) is 8.31. The molecular formula is C18H21N5O. The highest BCUT2D eigenvalue weighted by molar-refractivity contribution is 5.47. The summed E-state index contributed by atoms with van der Waals surface area (Å²) in [7, 11) is 1.70. The van der Waals surface area contributed by atoms with Gasteiger partial charge in [-0.3, -0.25) is 0 Å². The Kier molecular flexibility index (Phi) is 3.80. The Balaban J connectivity index is 1.51. The van der Waals surface area contributed by atoms with Crippen LogP contribution >= 0.6 is 0 Å². The first kappa shape index (κ1) is 14.9. The monoisotopic (exact) mass is 323 g/mol. The van der Waals surface area contributed by atoms with Crippen molar-refractivity contribution in [2.24, 2.45) is 0 Å². The molecule has 1 aliphatic rings. The molecule has 6 heteroatoms. The van der Waals surface area contributed by atoms with Gasteiger partial charge in [0.2, 0.25) is 0 Å². The number of hydrogen-bond acceptors (Lipinski definition) is 5. The van der Waals surface area contributed by atoms with Crippen LogP contribution in [0.3, 0.4) is 0 Å². The zero-order valence-electron chi connectivity index (χ0n) is 14.0. The van der Waals surface area contributed by atoms with Crippen molar-refractivity contribution in [2.75, 3.05) is 25.1 Å². The third-order valence-corrected chi connectivity index (χ3v) is 4.77. The van der Waals surface area contributed by atoms with Crippen LogP contribution < -0.4 is 9.64 Å². The van der Waals surface area contributed by atoms with Gasteiger partial charge in [-0.05, 0) is 43.4 Å².